The normalized spacial score (nSPS) is 21.2. The van der Waals surface area contributed by atoms with E-state index in [1.165, 1.54) is 22.4 Å². The second kappa shape index (κ2) is 11.6. The number of nitrogens with one attached hydrogen (secondary N) is 1. The highest BCUT2D eigenvalue weighted by Gasteiger charge is 2.38. The number of benzene rings is 2. The maximum Gasteiger partial charge on any atom is 0.0499 e. The number of fused-ring (bicyclic) bond motifs is 1. The molecule has 0 spiro atoms. The van der Waals surface area contributed by atoms with Crippen molar-refractivity contribution in [1.82, 2.24) is 10.2 Å². The third-order valence-corrected chi connectivity index (χ3v) is 7.63. The minimum atomic E-state index is 0.116. The Bertz CT molecular complexity index is 1020. The molecule has 4 heteroatoms. The summed E-state index contributed by atoms with van der Waals surface area (Å²) in [6.45, 7) is 12.8. The fourth-order valence-corrected chi connectivity index (χ4v) is 5.42. The Balaban J connectivity index is 0.00000149. The van der Waals surface area contributed by atoms with E-state index in [9.17, 15) is 0 Å². The molecule has 1 aliphatic heterocycles. The monoisotopic (exact) mass is 484 g/mol. The van der Waals surface area contributed by atoms with Gasteiger partial charge in [-0.2, -0.15) is 0 Å². The van der Waals surface area contributed by atoms with Crippen LogP contribution in [-0.2, 0) is 12.8 Å². The predicted molar refractivity (Wildman–Crippen MR) is 145 cm³/mol. The van der Waals surface area contributed by atoms with E-state index in [-0.39, 0.29) is 5.54 Å². The Labute approximate surface area is 210 Å². The van der Waals surface area contributed by atoms with Crippen LogP contribution in [-0.4, -0.2) is 23.5 Å². The lowest BCUT2D eigenvalue weighted by molar-refractivity contribution is 0.0926. The zero-order valence-corrected chi connectivity index (χ0v) is 22.3. The van der Waals surface area contributed by atoms with E-state index < -0.39 is 0 Å². The summed E-state index contributed by atoms with van der Waals surface area (Å²) in [4.78, 5) is 2.66. The Kier molecular flexibility index (Phi) is 9.09. The van der Waals surface area contributed by atoms with Crippen molar-refractivity contribution < 1.29 is 0 Å². The lowest BCUT2D eigenvalue weighted by atomic mass is 9.77. The van der Waals surface area contributed by atoms with E-state index in [0.717, 1.165) is 66.5 Å². The highest BCUT2D eigenvalue weighted by Crippen LogP contribution is 2.38. The van der Waals surface area contributed by atoms with Crippen LogP contribution in [0.3, 0.4) is 0 Å². The fourth-order valence-electron chi connectivity index (χ4n) is 4.92. The minimum absolute atomic E-state index is 0.116. The minimum Gasteiger partial charge on any atom is -0.358 e. The molecule has 1 N–H and O–H groups in total. The fraction of sp³-hybridized carbons (Fsp3) is 0.448. The van der Waals surface area contributed by atoms with Crippen LogP contribution in [0.5, 0.6) is 0 Å². The molecule has 2 nitrogen and oxygen atoms in total. The topological polar surface area (TPSA) is 15.3 Å². The number of aryl methyl sites for hydroxylation is 1. The lowest BCUT2D eigenvalue weighted by Crippen LogP contribution is -2.53. The number of hydrogen-bond donors (Lipinski definition) is 1. The van der Waals surface area contributed by atoms with E-state index in [0.29, 0.717) is 0 Å². The molecule has 1 aliphatic carbocycles. The summed E-state index contributed by atoms with van der Waals surface area (Å²) in [5, 5.41) is 5.47. The first-order chi connectivity index (χ1) is 15.9. The van der Waals surface area contributed by atoms with Crippen molar-refractivity contribution in [3.8, 4) is 0 Å². The number of nitrogens with zero attached hydrogens (tertiary/aromatic N) is 1. The molecule has 0 saturated heterocycles. The molecule has 1 atom stereocenters. The molecule has 0 radical (unpaired) electrons. The first-order valence-corrected chi connectivity index (χ1v) is 13.1. The Morgan fingerprint density at radius 3 is 2.52 bits per heavy atom. The molecule has 0 fully saturated rings. The van der Waals surface area contributed by atoms with Gasteiger partial charge in [-0.05, 0) is 69.2 Å². The molecule has 2 aliphatic rings. The molecule has 33 heavy (non-hydrogen) atoms. The van der Waals surface area contributed by atoms with Crippen LogP contribution < -0.4 is 5.32 Å². The van der Waals surface area contributed by atoms with Crippen LogP contribution in [0.4, 0.5) is 0 Å². The van der Waals surface area contributed by atoms with Gasteiger partial charge >= 0.3 is 0 Å². The van der Waals surface area contributed by atoms with Gasteiger partial charge in [-0.25, -0.2) is 0 Å². The average Bonchev–Trinajstić information content (AvgIpc) is 2.82. The smallest absolute Gasteiger partial charge is 0.0499 e. The second-order valence-electron chi connectivity index (χ2n) is 9.11. The molecule has 1 unspecified atom stereocenters. The summed E-state index contributed by atoms with van der Waals surface area (Å²) in [7, 11) is 0. The van der Waals surface area contributed by atoms with Gasteiger partial charge in [0, 0.05) is 45.6 Å². The van der Waals surface area contributed by atoms with Crippen LogP contribution in [0.15, 0.2) is 59.8 Å². The van der Waals surface area contributed by atoms with Crippen molar-refractivity contribution in [2.45, 2.75) is 72.3 Å². The molecule has 0 amide bonds. The van der Waals surface area contributed by atoms with Crippen molar-refractivity contribution >= 4 is 28.9 Å². The number of halogens is 2. The molecule has 4 rings (SSSR count). The lowest BCUT2D eigenvalue weighted by Gasteiger charge is -2.47. The summed E-state index contributed by atoms with van der Waals surface area (Å²) in [5.74, 6) is 0. The van der Waals surface area contributed by atoms with Crippen molar-refractivity contribution in [2.75, 3.05) is 13.1 Å². The van der Waals surface area contributed by atoms with Crippen LogP contribution in [0, 0.1) is 0 Å². The molecule has 1 heterocycles. The zero-order chi connectivity index (χ0) is 24.0. The standard InChI is InChI=1S/C27H32Cl2N2.C2H6/c1-4-8-25(21-10-5-6-11-23(21)28)30-26-18-31(16-14-19(26)2)27(3)15-13-20-9-7-12-24(29)22(20)17-27;1-2/h5-12,30H,4,13-18H2,1-3H3;1-2H3/b25-8+;. The average molecular weight is 486 g/mol. The second-order valence-corrected chi connectivity index (χ2v) is 9.93. The summed E-state index contributed by atoms with van der Waals surface area (Å²) < 4.78 is 0. The van der Waals surface area contributed by atoms with Gasteiger partial charge in [-0.1, -0.05) is 86.0 Å². The summed E-state index contributed by atoms with van der Waals surface area (Å²) in [6.07, 6.45) is 7.53. The van der Waals surface area contributed by atoms with Crippen LogP contribution in [0.1, 0.15) is 70.6 Å². The summed E-state index contributed by atoms with van der Waals surface area (Å²) in [6, 6.07) is 14.4. The van der Waals surface area contributed by atoms with Gasteiger partial charge in [-0.3, -0.25) is 4.90 Å². The SMILES string of the molecule is CC.CC/C=C(/NC1=C(C)CCN(C2(C)CCc3cccc(Cl)c3C2)C1)c1ccccc1Cl. The molecule has 2 aromatic carbocycles. The molecular formula is C29H38Cl2N2. The van der Waals surface area contributed by atoms with Gasteiger partial charge in [0.25, 0.3) is 0 Å². The largest absolute Gasteiger partial charge is 0.358 e. The molecule has 2 aromatic rings. The van der Waals surface area contributed by atoms with E-state index in [4.69, 9.17) is 23.2 Å². The van der Waals surface area contributed by atoms with Crippen LogP contribution in [0.2, 0.25) is 10.0 Å². The molecule has 0 aromatic heterocycles. The molecule has 0 bridgehead atoms. The van der Waals surface area contributed by atoms with Gasteiger partial charge in [0.15, 0.2) is 0 Å². The number of allylic oxidation sites excluding steroid dienone is 1. The highest BCUT2D eigenvalue weighted by molar-refractivity contribution is 6.32. The van der Waals surface area contributed by atoms with Gasteiger partial charge < -0.3 is 5.32 Å². The van der Waals surface area contributed by atoms with Gasteiger partial charge in [0.2, 0.25) is 0 Å². The zero-order valence-electron chi connectivity index (χ0n) is 20.8. The Morgan fingerprint density at radius 1 is 1.06 bits per heavy atom. The van der Waals surface area contributed by atoms with Crippen molar-refractivity contribution in [3.63, 3.8) is 0 Å². The molecular weight excluding hydrogens is 447 g/mol. The van der Waals surface area contributed by atoms with Crippen molar-refractivity contribution in [2.24, 2.45) is 0 Å². The Morgan fingerprint density at radius 2 is 1.79 bits per heavy atom. The number of hydrogen-bond acceptors (Lipinski definition) is 2. The van der Waals surface area contributed by atoms with Crippen LogP contribution in [0.25, 0.3) is 5.70 Å². The van der Waals surface area contributed by atoms with Gasteiger partial charge in [-0.15, -0.1) is 0 Å². The number of rotatable bonds is 5. The van der Waals surface area contributed by atoms with E-state index >= 15 is 0 Å². The summed E-state index contributed by atoms with van der Waals surface area (Å²) in [5.41, 5.74) is 7.77. The van der Waals surface area contributed by atoms with Gasteiger partial charge in [0.05, 0.1) is 0 Å². The van der Waals surface area contributed by atoms with Crippen LogP contribution >= 0.6 is 23.2 Å². The quantitative estimate of drug-likeness (QED) is 0.458. The first kappa shape index (κ1) is 25.9. The van der Waals surface area contributed by atoms with E-state index in [1.54, 1.807) is 0 Å². The van der Waals surface area contributed by atoms with Crippen molar-refractivity contribution in [3.05, 3.63) is 86.5 Å². The highest BCUT2D eigenvalue weighted by atomic mass is 35.5. The maximum absolute atomic E-state index is 6.59. The molecule has 0 saturated carbocycles. The third-order valence-electron chi connectivity index (χ3n) is 6.95. The van der Waals surface area contributed by atoms with Gasteiger partial charge in [0.1, 0.15) is 0 Å². The maximum atomic E-state index is 6.59. The van der Waals surface area contributed by atoms with E-state index in [2.05, 4.69) is 55.3 Å². The third kappa shape index (κ3) is 5.85. The van der Waals surface area contributed by atoms with E-state index in [1.807, 2.05) is 38.1 Å². The molecule has 178 valence electrons. The predicted octanol–water partition coefficient (Wildman–Crippen LogP) is 8.29. The van der Waals surface area contributed by atoms with Crippen molar-refractivity contribution in [1.29, 1.82) is 0 Å². The Hall–Kier alpha value is -1.74. The first-order valence-electron chi connectivity index (χ1n) is 12.3. The summed E-state index contributed by atoms with van der Waals surface area (Å²) >= 11 is 13.1.